The quantitative estimate of drug-likeness (QED) is 0.179. The Hall–Kier alpha value is -2.44. The van der Waals surface area contributed by atoms with Gasteiger partial charge in [0.15, 0.2) is 5.69 Å². The number of hydrogen-bond donors (Lipinski definition) is 1. The third-order valence-corrected chi connectivity index (χ3v) is 7.33. The van der Waals surface area contributed by atoms with E-state index in [0.717, 1.165) is 11.8 Å². The highest BCUT2D eigenvalue weighted by molar-refractivity contribution is 8.45. The number of carbonyl (C=O) groups is 1. The topological polar surface area (TPSA) is 79.9 Å². The minimum absolute atomic E-state index is 0.0263. The molecule has 0 saturated heterocycles. The molecule has 0 atom stereocenters. The van der Waals surface area contributed by atoms with Gasteiger partial charge in [-0.3, -0.25) is 4.79 Å². The minimum Gasteiger partial charge on any atom is -0.468 e. The zero-order valence-electron chi connectivity index (χ0n) is 18.7. The first-order valence-electron chi connectivity index (χ1n) is 10.4. The number of halogens is 10. The molecule has 0 bridgehead atoms. The lowest BCUT2D eigenvalue weighted by atomic mass is 9.95. The molecular formula is C20H18Cl2F8N4O2S. The fraction of sp³-hybridized carbons (Fsp3) is 0.450. The third kappa shape index (κ3) is 6.18. The Kier molecular flexibility index (Phi) is 6.93. The van der Waals surface area contributed by atoms with Gasteiger partial charge >= 0.3 is 22.4 Å². The number of esters is 1. The number of aromatic nitrogens is 2. The van der Waals surface area contributed by atoms with Gasteiger partial charge in [0, 0.05) is 13.0 Å². The largest absolute Gasteiger partial charge is 0.468 e. The lowest BCUT2D eigenvalue weighted by Crippen LogP contribution is -2.24. The van der Waals surface area contributed by atoms with E-state index in [4.69, 9.17) is 27.9 Å². The predicted molar refractivity (Wildman–Crippen MR) is 121 cm³/mol. The summed E-state index contributed by atoms with van der Waals surface area (Å²) >= 11 is 11.9. The van der Waals surface area contributed by atoms with Gasteiger partial charge in [0.05, 0.1) is 28.1 Å². The molecular weight excluding hydrogens is 583 g/mol. The number of anilines is 1. The fourth-order valence-electron chi connectivity index (χ4n) is 3.78. The SMILES string of the molecule is COC(=O)C1(c2c(C#N)nn(-c3c(Cl)cc(S(F)(F)(F)(F)F)cc3Cl)c2NCCCCC(F)(F)F)CC1. The van der Waals surface area contributed by atoms with Crippen molar-refractivity contribution in [1.29, 1.82) is 5.26 Å². The van der Waals surface area contributed by atoms with Crippen LogP contribution in [0.25, 0.3) is 5.69 Å². The van der Waals surface area contributed by atoms with Crippen LogP contribution in [0, 0.1) is 11.3 Å². The second kappa shape index (κ2) is 8.81. The van der Waals surface area contributed by atoms with Crippen LogP contribution < -0.4 is 5.32 Å². The molecule has 1 aliphatic carbocycles. The summed E-state index contributed by atoms with van der Waals surface area (Å²) in [6, 6.07) is 1.66. The second-order valence-corrected chi connectivity index (χ2v) is 11.6. The van der Waals surface area contributed by atoms with Crippen molar-refractivity contribution < 1.29 is 42.1 Å². The van der Waals surface area contributed by atoms with Gasteiger partial charge in [-0.25, -0.2) is 4.68 Å². The van der Waals surface area contributed by atoms with Crippen molar-refractivity contribution in [2.75, 3.05) is 19.0 Å². The number of hydrogen-bond acceptors (Lipinski definition) is 5. The number of nitrogens with one attached hydrogen (secondary N) is 1. The molecule has 6 nitrogen and oxygen atoms in total. The summed E-state index contributed by atoms with van der Waals surface area (Å²) in [6.45, 7) is -0.143. The first kappa shape index (κ1) is 29.1. The Labute approximate surface area is 215 Å². The van der Waals surface area contributed by atoms with Crippen molar-refractivity contribution in [3.05, 3.63) is 33.4 Å². The van der Waals surface area contributed by atoms with Crippen LogP contribution in [-0.2, 0) is 14.9 Å². The zero-order valence-corrected chi connectivity index (χ0v) is 21.1. The number of benzene rings is 1. The Morgan fingerprint density at radius 3 is 2.19 bits per heavy atom. The molecule has 0 unspecified atom stereocenters. The molecule has 37 heavy (non-hydrogen) atoms. The van der Waals surface area contributed by atoms with Crippen LogP contribution in [0.5, 0.6) is 0 Å². The van der Waals surface area contributed by atoms with E-state index < -0.39 is 54.8 Å². The number of rotatable bonds is 9. The highest BCUT2D eigenvalue weighted by Gasteiger charge is 2.66. The standard InChI is InChI=1S/C20H18Cl2F8N4O2S/c1-36-18(35)19(5-6-19)15-14(10-31)33-34(17(15)32-7-3-2-4-20(23,24)25)16-12(21)8-11(9-13(16)22)37(26,27,28,29)30/h8-9,32H,2-7H2,1H3. The molecule has 1 N–H and O–H groups in total. The van der Waals surface area contributed by atoms with Crippen LogP contribution in [0.15, 0.2) is 17.0 Å². The lowest BCUT2D eigenvalue weighted by Gasteiger charge is -2.40. The van der Waals surface area contributed by atoms with E-state index in [2.05, 4.69) is 10.4 Å². The van der Waals surface area contributed by atoms with Crippen LogP contribution in [0.3, 0.4) is 0 Å². The van der Waals surface area contributed by atoms with E-state index in [-0.39, 0.29) is 61.4 Å². The van der Waals surface area contributed by atoms with E-state index in [1.54, 1.807) is 6.07 Å². The molecule has 0 radical (unpaired) electrons. The summed E-state index contributed by atoms with van der Waals surface area (Å²) in [7, 11) is -9.08. The van der Waals surface area contributed by atoms with Gasteiger partial charge in [0.2, 0.25) is 0 Å². The normalized spacial score (nSPS) is 16.9. The molecule has 0 spiro atoms. The van der Waals surface area contributed by atoms with Gasteiger partial charge in [0.25, 0.3) is 0 Å². The van der Waals surface area contributed by atoms with Crippen LogP contribution >= 0.6 is 33.4 Å². The molecule has 1 aromatic carbocycles. The average molecular weight is 601 g/mol. The Morgan fingerprint density at radius 2 is 1.76 bits per heavy atom. The number of unbranched alkanes of at least 4 members (excludes halogenated alkanes) is 1. The van der Waals surface area contributed by atoms with Gasteiger partial charge in [-0.05, 0) is 37.8 Å². The molecule has 1 fully saturated rings. The van der Waals surface area contributed by atoms with E-state index in [9.17, 15) is 42.7 Å². The van der Waals surface area contributed by atoms with Gasteiger partial charge < -0.3 is 10.1 Å². The maximum atomic E-state index is 13.3. The van der Waals surface area contributed by atoms with Crippen molar-refractivity contribution in [3.8, 4) is 11.8 Å². The second-order valence-electron chi connectivity index (χ2n) is 8.37. The highest BCUT2D eigenvalue weighted by atomic mass is 35.5. The number of carbonyl (C=O) groups excluding carboxylic acids is 1. The van der Waals surface area contributed by atoms with E-state index in [1.165, 1.54) is 0 Å². The van der Waals surface area contributed by atoms with E-state index in [1.807, 2.05) is 0 Å². The molecule has 1 aliphatic rings. The van der Waals surface area contributed by atoms with Crippen LogP contribution in [-0.4, -0.2) is 35.6 Å². The summed E-state index contributed by atoms with van der Waals surface area (Å²) in [6.07, 6.45) is -5.39. The van der Waals surface area contributed by atoms with Gasteiger partial charge in [0.1, 0.15) is 22.5 Å². The van der Waals surface area contributed by atoms with Gasteiger partial charge in [-0.15, -0.1) is 0 Å². The maximum Gasteiger partial charge on any atom is 0.389 e. The molecule has 3 rings (SSSR count). The minimum atomic E-state index is -10.2. The molecule has 0 aliphatic heterocycles. The van der Waals surface area contributed by atoms with Gasteiger partial charge in [-0.1, -0.05) is 42.6 Å². The average Bonchev–Trinajstić information content (AvgIpc) is 3.46. The number of ether oxygens (including phenoxy) is 1. The number of methoxy groups -OCH3 is 1. The molecule has 1 aromatic heterocycles. The van der Waals surface area contributed by atoms with Crippen molar-refractivity contribution in [2.24, 2.45) is 0 Å². The summed E-state index contributed by atoms with van der Waals surface area (Å²) in [5.41, 5.74) is -2.28. The van der Waals surface area contributed by atoms with Crippen LogP contribution in [0.4, 0.5) is 38.4 Å². The monoisotopic (exact) mass is 600 g/mol. The molecule has 1 heterocycles. The Bertz CT molecular complexity index is 1260. The van der Waals surface area contributed by atoms with Crippen molar-refractivity contribution in [3.63, 3.8) is 0 Å². The smallest absolute Gasteiger partial charge is 0.389 e. The zero-order chi connectivity index (χ0) is 28.1. The first-order chi connectivity index (χ1) is 16.7. The molecule has 1 saturated carbocycles. The lowest BCUT2D eigenvalue weighted by molar-refractivity contribution is -0.143. The number of nitriles is 1. The van der Waals surface area contributed by atoms with Crippen molar-refractivity contribution in [2.45, 2.75) is 48.6 Å². The van der Waals surface area contributed by atoms with E-state index >= 15 is 0 Å². The van der Waals surface area contributed by atoms with Gasteiger partial charge in [-0.2, -0.15) is 23.5 Å². The molecule has 17 heteroatoms. The van der Waals surface area contributed by atoms with Crippen molar-refractivity contribution in [1.82, 2.24) is 9.78 Å². The molecule has 206 valence electrons. The summed E-state index contributed by atoms with van der Waals surface area (Å²) in [5, 5.41) is 14.6. The predicted octanol–water partition coefficient (Wildman–Crippen LogP) is 8.06. The highest BCUT2D eigenvalue weighted by Crippen LogP contribution is 3.02. The van der Waals surface area contributed by atoms with Crippen LogP contribution in [0.1, 0.15) is 43.4 Å². The molecule has 0 amide bonds. The number of alkyl halides is 3. The first-order valence-corrected chi connectivity index (χ1v) is 13.1. The summed E-state index contributed by atoms with van der Waals surface area (Å²) in [5.74, 6) is -0.924. The van der Waals surface area contributed by atoms with E-state index in [0.29, 0.717) is 0 Å². The Balaban J connectivity index is 2.15. The maximum absolute atomic E-state index is 13.3. The number of nitrogens with zero attached hydrogens (tertiary/aromatic N) is 3. The Morgan fingerprint density at radius 1 is 1.19 bits per heavy atom. The van der Waals surface area contributed by atoms with Crippen LogP contribution in [0.2, 0.25) is 10.0 Å². The summed E-state index contributed by atoms with van der Waals surface area (Å²) in [4.78, 5) is 10.2. The fourth-order valence-corrected chi connectivity index (χ4v) is 5.23. The summed E-state index contributed by atoms with van der Waals surface area (Å²) < 4.78 is 110. The van der Waals surface area contributed by atoms with Crippen molar-refractivity contribution >= 4 is 45.2 Å². The third-order valence-electron chi connectivity index (χ3n) is 5.62. The molecule has 2 aromatic rings.